The highest BCUT2D eigenvalue weighted by Crippen LogP contribution is 2.33. The van der Waals surface area contributed by atoms with Gasteiger partial charge in [0.1, 0.15) is 0 Å². The summed E-state index contributed by atoms with van der Waals surface area (Å²) in [5, 5.41) is 2.64. The van der Waals surface area contributed by atoms with Gasteiger partial charge in [0.25, 0.3) is 0 Å². The van der Waals surface area contributed by atoms with Gasteiger partial charge in [-0.1, -0.05) is 49.4 Å². The Morgan fingerprint density at radius 2 is 1.66 bits per heavy atom. The smallest absolute Gasteiger partial charge is 0.0642 e. The Balaban J connectivity index is 1.48. The third-order valence-corrected chi connectivity index (χ3v) is 6.49. The number of morpholine rings is 2. The van der Waals surface area contributed by atoms with Gasteiger partial charge < -0.3 is 14.4 Å². The highest BCUT2D eigenvalue weighted by molar-refractivity contribution is 5.97. The predicted molar refractivity (Wildman–Crippen MR) is 119 cm³/mol. The van der Waals surface area contributed by atoms with Crippen molar-refractivity contribution in [3.05, 3.63) is 60.2 Å². The van der Waals surface area contributed by atoms with Crippen molar-refractivity contribution in [2.75, 3.05) is 57.5 Å². The molecule has 5 rings (SSSR count). The molecule has 4 heteroatoms. The minimum atomic E-state index is 0.446. The van der Waals surface area contributed by atoms with E-state index in [4.69, 9.17) is 9.47 Å². The molecule has 0 aromatic heterocycles. The summed E-state index contributed by atoms with van der Waals surface area (Å²) in [4.78, 5) is 4.99. The monoisotopic (exact) mass is 390 g/mol. The lowest BCUT2D eigenvalue weighted by atomic mass is 9.87. The summed E-state index contributed by atoms with van der Waals surface area (Å²) >= 11 is 0. The molecular weight excluding hydrogens is 360 g/mol. The fourth-order valence-electron chi connectivity index (χ4n) is 4.79. The van der Waals surface area contributed by atoms with E-state index in [0.29, 0.717) is 12.0 Å². The number of anilines is 1. The van der Waals surface area contributed by atoms with Gasteiger partial charge in [-0.3, -0.25) is 4.90 Å². The van der Waals surface area contributed by atoms with E-state index < -0.39 is 0 Å². The van der Waals surface area contributed by atoms with Gasteiger partial charge in [0, 0.05) is 37.9 Å². The van der Waals surface area contributed by atoms with Gasteiger partial charge in [-0.05, 0) is 40.0 Å². The summed E-state index contributed by atoms with van der Waals surface area (Å²) in [6.45, 7) is 9.62. The number of allylic oxidation sites excluding steroid dienone is 2. The molecule has 0 spiro atoms. The Bertz CT molecular complexity index is 924. The molecule has 2 aromatic rings. The number of fused-ring (bicyclic) bond motifs is 1. The maximum Gasteiger partial charge on any atom is 0.0642 e. The first kappa shape index (κ1) is 18.9. The molecule has 0 saturated carbocycles. The van der Waals surface area contributed by atoms with Crippen LogP contribution < -0.4 is 4.90 Å². The molecule has 0 N–H and O–H groups in total. The Hall–Kier alpha value is -2.14. The van der Waals surface area contributed by atoms with Crippen LogP contribution in [0, 0.1) is 5.92 Å². The molecule has 2 saturated heterocycles. The summed E-state index contributed by atoms with van der Waals surface area (Å²) in [5.41, 5.74) is 3.97. The lowest BCUT2D eigenvalue weighted by Gasteiger charge is -2.37. The van der Waals surface area contributed by atoms with Crippen LogP contribution in [0.2, 0.25) is 0 Å². The highest BCUT2D eigenvalue weighted by atomic mass is 16.5. The molecule has 2 unspecified atom stereocenters. The first-order valence-electron chi connectivity index (χ1n) is 10.9. The standard InChI is InChI=1S/C25H30N2O2/c1-19-5-6-21(18-25(19)27-11-15-29-16-12-27)23-4-2-3-20-17-22(7-8-24(20)23)26-9-13-28-14-10-26/h2-8,17-19,25H,9-16H2,1H3. The van der Waals surface area contributed by atoms with E-state index in [9.17, 15) is 0 Å². The van der Waals surface area contributed by atoms with Gasteiger partial charge in [0.15, 0.2) is 0 Å². The van der Waals surface area contributed by atoms with Crippen LogP contribution in [-0.4, -0.2) is 63.5 Å². The van der Waals surface area contributed by atoms with Gasteiger partial charge in [0.05, 0.1) is 26.4 Å². The van der Waals surface area contributed by atoms with E-state index in [1.165, 1.54) is 27.6 Å². The molecule has 4 nitrogen and oxygen atoms in total. The molecule has 152 valence electrons. The van der Waals surface area contributed by atoms with Crippen LogP contribution in [0.1, 0.15) is 12.5 Å². The maximum atomic E-state index is 5.56. The quantitative estimate of drug-likeness (QED) is 0.792. The molecule has 2 heterocycles. The van der Waals surface area contributed by atoms with Crippen LogP contribution in [0.15, 0.2) is 54.6 Å². The van der Waals surface area contributed by atoms with E-state index in [1.54, 1.807) is 0 Å². The van der Waals surface area contributed by atoms with Crippen LogP contribution in [0.3, 0.4) is 0 Å². The van der Waals surface area contributed by atoms with Gasteiger partial charge >= 0.3 is 0 Å². The van der Waals surface area contributed by atoms with Gasteiger partial charge in [0.2, 0.25) is 0 Å². The Morgan fingerprint density at radius 3 is 2.45 bits per heavy atom. The van der Waals surface area contributed by atoms with Gasteiger partial charge in [-0.2, -0.15) is 0 Å². The minimum absolute atomic E-state index is 0.446. The van der Waals surface area contributed by atoms with E-state index in [1.807, 2.05) is 0 Å². The highest BCUT2D eigenvalue weighted by Gasteiger charge is 2.26. The van der Waals surface area contributed by atoms with Gasteiger partial charge in [-0.15, -0.1) is 0 Å². The lowest BCUT2D eigenvalue weighted by molar-refractivity contribution is 0.0194. The van der Waals surface area contributed by atoms with Crippen LogP contribution in [-0.2, 0) is 9.47 Å². The maximum absolute atomic E-state index is 5.56. The van der Waals surface area contributed by atoms with Crippen molar-refractivity contribution in [1.29, 1.82) is 0 Å². The number of ether oxygens (including phenoxy) is 2. The summed E-state index contributed by atoms with van der Waals surface area (Å²) in [7, 11) is 0. The fourth-order valence-corrected chi connectivity index (χ4v) is 4.79. The fraction of sp³-hybridized carbons (Fsp3) is 0.440. The topological polar surface area (TPSA) is 24.9 Å². The average Bonchev–Trinajstić information content (AvgIpc) is 2.80. The zero-order valence-electron chi connectivity index (χ0n) is 17.2. The zero-order chi connectivity index (χ0) is 19.6. The van der Waals surface area contributed by atoms with Crippen molar-refractivity contribution < 1.29 is 9.47 Å². The second kappa shape index (κ2) is 8.31. The minimum Gasteiger partial charge on any atom is -0.379 e. The van der Waals surface area contributed by atoms with Crippen molar-refractivity contribution in [3.8, 4) is 0 Å². The Morgan fingerprint density at radius 1 is 0.897 bits per heavy atom. The lowest BCUT2D eigenvalue weighted by Crippen LogP contribution is -2.45. The molecule has 0 radical (unpaired) electrons. The van der Waals surface area contributed by atoms with Gasteiger partial charge in [-0.25, -0.2) is 0 Å². The Labute approximate surface area is 173 Å². The van der Waals surface area contributed by atoms with Crippen molar-refractivity contribution in [1.82, 2.24) is 4.90 Å². The molecular formula is C25H30N2O2. The number of rotatable bonds is 3. The Kier molecular flexibility index (Phi) is 5.40. The first-order chi connectivity index (χ1) is 14.3. The molecule has 0 amide bonds. The second-order valence-electron chi connectivity index (χ2n) is 8.29. The molecule has 3 aliphatic rings. The third-order valence-electron chi connectivity index (χ3n) is 6.49. The number of hydrogen-bond donors (Lipinski definition) is 0. The summed E-state index contributed by atoms with van der Waals surface area (Å²) in [6.07, 6.45) is 7.16. The van der Waals surface area contributed by atoms with Crippen molar-refractivity contribution in [2.24, 2.45) is 5.92 Å². The number of nitrogens with zero attached hydrogens (tertiary/aromatic N) is 2. The zero-order valence-corrected chi connectivity index (χ0v) is 17.2. The SMILES string of the molecule is CC1C=CC(c2cccc3cc(N4CCOCC4)ccc23)=CC1N1CCOCC1. The molecule has 2 fully saturated rings. The normalized spacial score (nSPS) is 26.0. The summed E-state index contributed by atoms with van der Waals surface area (Å²) in [5.74, 6) is 0.528. The second-order valence-corrected chi connectivity index (χ2v) is 8.29. The van der Waals surface area contributed by atoms with Crippen LogP contribution in [0.4, 0.5) is 5.69 Å². The molecule has 0 bridgehead atoms. The van der Waals surface area contributed by atoms with Crippen LogP contribution >= 0.6 is 0 Å². The summed E-state index contributed by atoms with van der Waals surface area (Å²) in [6, 6.07) is 14.0. The largest absolute Gasteiger partial charge is 0.379 e. The molecule has 1 aliphatic carbocycles. The van der Waals surface area contributed by atoms with E-state index in [-0.39, 0.29) is 0 Å². The van der Waals surface area contributed by atoms with Crippen molar-refractivity contribution in [2.45, 2.75) is 13.0 Å². The number of benzene rings is 2. The van der Waals surface area contributed by atoms with E-state index in [0.717, 1.165) is 52.6 Å². The van der Waals surface area contributed by atoms with E-state index >= 15 is 0 Å². The van der Waals surface area contributed by atoms with Crippen LogP contribution in [0.5, 0.6) is 0 Å². The molecule has 2 atom stereocenters. The number of hydrogen-bond acceptors (Lipinski definition) is 4. The van der Waals surface area contributed by atoms with Crippen LogP contribution in [0.25, 0.3) is 16.3 Å². The third kappa shape index (κ3) is 3.85. The van der Waals surface area contributed by atoms with E-state index in [2.05, 4.69) is 71.3 Å². The molecule has 2 aliphatic heterocycles. The van der Waals surface area contributed by atoms with Crippen molar-refractivity contribution in [3.63, 3.8) is 0 Å². The van der Waals surface area contributed by atoms with Crippen molar-refractivity contribution >= 4 is 22.0 Å². The predicted octanol–water partition coefficient (Wildman–Crippen LogP) is 3.97. The first-order valence-corrected chi connectivity index (χ1v) is 10.9. The molecule has 2 aromatic carbocycles. The molecule has 29 heavy (non-hydrogen) atoms. The average molecular weight is 391 g/mol. The summed E-state index contributed by atoms with van der Waals surface area (Å²) < 4.78 is 11.1.